The number of phenols is 1. The van der Waals surface area contributed by atoms with E-state index in [0.29, 0.717) is 0 Å². The first-order chi connectivity index (χ1) is 12.7. The first-order valence-electron chi connectivity index (χ1n) is 8.31. The highest BCUT2D eigenvalue weighted by Gasteiger charge is 2.21. The average Bonchev–Trinajstić information content (AvgIpc) is 2.44. The molecule has 0 unspecified atom stereocenters. The summed E-state index contributed by atoms with van der Waals surface area (Å²) < 4.78 is 10.2. The summed E-state index contributed by atoms with van der Waals surface area (Å²) in [6.07, 6.45) is -1.84. The van der Waals surface area contributed by atoms with E-state index in [4.69, 9.17) is 14.6 Å². The average molecular weight is 395 g/mol. The highest BCUT2D eigenvalue weighted by Crippen LogP contribution is 2.27. The summed E-state index contributed by atoms with van der Waals surface area (Å²) in [5, 5.41) is 23.5. The number of aromatic carboxylic acids is 1. The molecule has 154 valence electrons. The van der Waals surface area contributed by atoms with Crippen LogP contribution in [-0.4, -0.2) is 45.5 Å². The van der Waals surface area contributed by atoms with Crippen LogP contribution in [0.15, 0.2) is 23.2 Å². The van der Waals surface area contributed by atoms with Gasteiger partial charge in [0.2, 0.25) is 5.96 Å². The quantitative estimate of drug-likeness (QED) is 0.444. The summed E-state index contributed by atoms with van der Waals surface area (Å²) in [5.41, 5.74) is -1.97. The Morgan fingerprint density at radius 2 is 1.39 bits per heavy atom. The fourth-order valence-corrected chi connectivity index (χ4v) is 1.75. The number of nitrogens with one attached hydrogen (secondary N) is 2. The molecule has 1 aromatic carbocycles. The number of aliphatic imine (C=N–C) groups is 1. The van der Waals surface area contributed by atoms with Crippen molar-refractivity contribution in [2.45, 2.75) is 52.7 Å². The number of carboxylic acid groups (broad SMARTS) is 1. The number of carbonyl (C=O) groups is 3. The fraction of sp³-hybridized carbons (Fsp3) is 0.444. The van der Waals surface area contributed by atoms with Gasteiger partial charge in [-0.05, 0) is 59.7 Å². The minimum atomic E-state index is -1.24. The van der Waals surface area contributed by atoms with Crippen molar-refractivity contribution in [3.63, 3.8) is 0 Å². The second-order valence-electron chi connectivity index (χ2n) is 7.72. The van der Waals surface area contributed by atoms with Gasteiger partial charge in [-0.25, -0.2) is 19.4 Å². The van der Waals surface area contributed by atoms with E-state index in [0.717, 1.165) is 12.1 Å². The lowest BCUT2D eigenvalue weighted by atomic mass is 10.2. The Hall–Kier alpha value is -3.30. The maximum Gasteiger partial charge on any atom is 0.414 e. The van der Waals surface area contributed by atoms with E-state index < -0.39 is 35.3 Å². The molecule has 2 amide bonds. The van der Waals surface area contributed by atoms with Gasteiger partial charge in [-0.15, -0.1) is 0 Å². The Morgan fingerprint density at radius 1 is 0.929 bits per heavy atom. The molecule has 1 aromatic rings. The van der Waals surface area contributed by atoms with Crippen LogP contribution in [0.1, 0.15) is 51.9 Å². The van der Waals surface area contributed by atoms with Crippen molar-refractivity contribution in [2.75, 3.05) is 0 Å². The number of guanidine groups is 1. The lowest BCUT2D eigenvalue weighted by Gasteiger charge is -2.22. The van der Waals surface area contributed by atoms with Crippen LogP contribution in [0, 0.1) is 0 Å². The van der Waals surface area contributed by atoms with Crippen molar-refractivity contribution >= 4 is 29.8 Å². The third-order valence-electron chi connectivity index (χ3n) is 2.69. The van der Waals surface area contributed by atoms with Gasteiger partial charge < -0.3 is 19.7 Å². The standard InChI is InChI=1S/C18H25N3O7/c1-17(2,3)27-15(25)20-14(21-16(26)28-18(4,5)6)19-11-9-10(13(23)24)7-8-12(11)22/h7-9,22H,1-6H3,(H,23,24)(H2,19,20,21,25,26). The molecule has 0 aliphatic carbocycles. The molecule has 0 aliphatic rings. The number of ether oxygens (including phenoxy) is 2. The van der Waals surface area contributed by atoms with E-state index in [1.54, 1.807) is 41.5 Å². The molecule has 28 heavy (non-hydrogen) atoms. The zero-order valence-electron chi connectivity index (χ0n) is 16.6. The van der Waals surface area contributed by atoms with Crippen LogP contribution in [0.2, 0.25) is 0 Å². The number of alkyl carbamates (subject to hydrolysis) is 2. The fourth-order valence-electron chi connectivity index (χ4n) is 1.75. The van der Waals surface area contributed by atoms with Crippen molar-refractivity contribution < 1.29 is 34.1 Å². The Balaban J connectivity index is 3.20. The van der Waals surface area contributed by atoms with Crippen molar-refractivity contribution in [2.24, 2.45) is 4.99 Å². The zero-order chi connectivity index (χ0) is 21.7. The molecule has 10 heteroatoms. The largest absolute Gasteiger partial charge is 0.506 e. The van der Waals surface area contributed by atoms with Gasteiger partial charge in [-0.1, -0.05) is 0 Å². The number of hydrogen-bond acceptors (Lipinski definition) is 7. The van der Waals surface area contributed by atoms with Gasteiger partial charge in [-0.2, -0.15) is 0 Å². The lowest BCUT2D eigenvalue weighted by Crippen LogP contribution is -2.47. The number of aromatic hydroxyl groups is 1. The van der Waals surface area contributed by atoms with Crippen LogP contribution >= 0.6 is 0 Å². The number of nitrogens with zero attached hydrogens (tertiary/aromatic N) is 1. The molecule has 0 spiro atoms. The molecule has 0 heterocycles. The van der Waals surface area contributed by atoms with Crippen LogP contribution in [0.4, 0.5) is 15.3 Å². The molecule has 10 nitrogen and oxygen atoms in total. The summed E-state index contributed by atoms with van der Waals surface area (Å²) in [6, 6.07) is 3.38. The van der Waals surface area contributed by atoms with E-state index >= 15 is 0 Å². The molecule has 0 radical (unpaired) electrons. The molecular weight excluding hydrogens is 370 g/mol. The second kappa shape index (κ2) is 8.59. The Kier molecular flexibility index (Phi) is 6.98. The Labute approximate surface area is 162 Å². The summed E-state index contributed by atoms with van der Waals surface area (Å²) in [6.45, 7) is 9.87. The molecule has 0 aromatic heterocycles. The number of benzene rings is 1. The highest BCUT2D eigenvalue weighted by atomic mass is 16.6. The summed E-state index contributed by atoms with van der Waals surface area (Å²) in [4.78, 5) is 39.1. The van der Waals surface area contributed by atoms with E-state index in [1.807, 2.05) is 0 Å². The predicted octanol–water partition coefficient (Wildman–Crippen LogP) is 3.13. The van der Waals surface area contributed by atoms with Crippen LogP contribution in [0.3, 0.4) is 0 Å². The van der Waals surface area contributed by atoms with Gasteiger partial charge in [0.05, 0.1) is 5.56 Å². The molecule has 1 rings (SSSR count). The molecule has 4 N–H and O–H groups in total. The van der Waals surface area contributed by atoms with Crippen LogP contribution < -0.4 is 10.6 Å². The number of amides is 2. The van der Waals surface area contributed by atoms with Crippen molar-refractivity contribution in [1.82, 2.24) is 10.6 Å². The second-order valence-corrected chi connectivity index (χ2v) is 7.72. The van der Waals surface area contributed by atoms with Crippen LogP contribution in [0.5, 0.6) is 5.75 Å². The number of rotatable bonds is 2. The lowest BCUT2D eigenvalue weighted by molar-refractivity contribution is 0.0543. The number of carboxylic acids is 1. The minimum absolute atomic E-state index is 0.148. The molecule has 0 fully saturated rings. The zero-order valence-corrected chi connectivity index (χ0v) is 16.6. The van der Waals surface area contributed by atoms with Crippen LogP contribution in [0.25, 0.3) is 0 Å². The third kappa shape index (κ3) is 8.39. The van der Waals surface area contributed by atoms with E-state index in [-0.39, 0.29) is 17.0 Å². The van der Waals surface area contributed by atoms with Crippen LogP contribution in [-0.2, 0) is 9.47 Å². The molecule has 0 aliphatic heterocycles. The van der Waals surface area contributed by atoms with Gasteiger partial charge >= 0.3 is 18.2 Å². The summed E-state index contributed by atoms with van der Waals surface area (Å²) in [7, 11) is 0. The van der Waals surface area contributed by atoms with Gasteiger partial charge in [0, 0.05) is 0 Å². The van der Waals surface area contributed by atoms with Gasteiger partial charge in [-0.3, -0.25) is 10.6 Å². The Morgan fingerprint density at radius 3 is 1.79 bits per heavy atom. The maximum absolute atomic E-state index is 12.0. The predicted molar refractivity (Wildman–Crippen MR) is 101 cm³/mol. The van der Waals surface area contributed by atoms with Gasteiger partial charge in [0.1, 0.15) is 22.6 Å². The van der Waals surface area contributed by atoms with Crippen molar-refractivity contribution in [1.29, 1.82) is 0 Å². The smallest absolute Gasteiger partial charge is 0.414 e. The summed E-state index contributed by atoms with van der Waals surface area (Å²) >= 11 is 0. The molecule has 0 bridgehead atoms. The molecular formula is C18H25N3O7. The highest BCUT2D eigenvalue weighted by molar-refractivity contribution is 6.02. The van der Waals surface area contributed by atoms with Crippen molar-refractivity contribution in [3.05, 3.63) is 23.8 Å². The molecule has 0 saturated carbocycles. The van der Waals surface area contributed by atoms with E-state index in [9.17, 15) is 19.5 Å². The van der Waals surface area contributed by atoms with Gasteiger partial charge in [0.25, 0.3) is 0 Å². The number of phenolic OH excluding ortho intramolecular Hbond substituents is 1. The number of hydrogen-bond donors (Lipinski definition) is 4. The first kappa shape index (κ1) is 22.7. The third-order valence-corrected chi connectivity index (χ3v) is 2.69. The monoisotopic (exact) mass is 395 g/mol. The molecule has 0 atom stereocenters. The van der Waals surface area contributed by atoms with E-state index in [2.05, 4.69) is 15.6 Å². The Bertz CT molecular complexity index is 757. The van der Waals surface area contributed by atoms with Crippen molar-refractivity contribution in [3.8, 4) is 5.75 Å². The topological polar surface area (TPSA) is 147 Å². The SMILES string of the molecule is CC(C)(C)OC(=O)NC(=Nc1cc(C(=O)O)ccc1O)NC(=O)OC(C)(C)C. The van der Waals surface area contributed by atoms with E-state index in [1.165, 1.54) is 6.07 Å². The molecule has 0 saturated heterocycles. The maximum atomic E-state index is 12.0. The first-order valence-corrected chi connectivity index (χ1v) is 8.31. The van der Waals surface area contributed by atoms with Gasteiger partial charge in [0.15, 0.2) is 0 Å². The summed E-state index contributed by atoms with van der Waals surface area (Å²) in [5.74, 6) is -2.01. The minimum Gasteiger partial charge on any atom is -0.506 e. The number of carbonyl (C=O) groups excluding carboxylic acids is 2. The normalized spacial score (nSPS) is 11.2.